The van der Waals surface area contributed by atoms with Crippen LogP contribution < -0.4 is 0 Å². The number of hydrogen-bond acceptors (Lipinski definition) is 3. The van der Waals surface area contributed by atoms with Crippen LogP contribution in [0.1, 0.15) is 24.1 Å². The zero-order chi connectivity index (χ0) is 18.5. The number of esters is 1. The summed E-state index contributed by atoms with van der Waals surface area (Å²) in [7, 11) is 0. The molecule has 0 saturated carbocycles. The van der Waals surface area contributed by atoms with Crippen molar-refractivity contribution in [1.29, 1.82) is 0 Å². The normalized spacial score (nSPS) is 12.4. The van der Waals surface area contributed by atoms with Crippen LogP contribution in [0.2, 0.25) is 10.0 Å². The zero-order valence-corrected chi connectivity index (χ0v) is 15.6. The third-order valence-corrected chi connectivity index (χ3v) is 4.36. The van der Waals surface area contributed by atoms with E-state index in [4.69, 9.17) is 27.9 Å². The first kappa shape index (κ1) is 18.3. The van der Waals surface area contributed by atoms with Crippen molar-refractivity contribution in [3.63, 3.8) is 0 Å². The molecule has 134 valence electrons. The van der Waals surface area contributed by atoms with Crippen LogP contribution >= 0.6 is 23.2 Å². The molecule has 3 aromatic rings. The predicted octanol–water partition coefficient (Wildman–Crippen LogP) is 4.66. The molecule has 0 aliphatic rings. The number of carbonyl (C=O) groups is 1. The molecule has 0 saturated heterocycles. The van der Waals surface area contributed by atoms with Crippen LogP contribution in [0, 0.1) is 0 Å². The standard InChI is InChI=1S/C19H17Cl2N3O2/c1-2-26-18(25)6-9-23-8-5-14(12-23)19(24-10-7-22-13-24)16-4-3-15(20)11-17(16)21/h3-13,19H,2H2,1H3/b9-6+. The fourth-order valence-electron chi connectivity index (χ4n) is 2.68. The van der Waals surface area contributed by atoms with Gasteiger partial charge in [-0.15, -0.1) is 0 Å². The third-order valence-electron chi connectivity index (χ3n) is 3.80. The van der Waals surface area contributed by atoms with E-state index in [1.54, 1.807) is 36.3 Å². The van der Waals surface area contributed by atoms with Gasteiger partial charge in [0.05, 0.1) is 19.0 Å². The summed E-state index contributed by atoms with van der Waals surface area (Å²) in [4.78, 5) is 15.6. The summed E-state index contributed by atoms with van der Waals surface area (Å²) in [5.41, 5.74) is 1.89. The van der Waals surface area contributed by atoms with Crippen LogP contribution in [-0.4, -0.2) is 26.7 Å². The zero-order valence-electron chi connectivity index (χ0n) is 14.0. The molecule has 1 atom stereocenters. The van der Waals surface area contributed by atoms with E-state index in [1.165, 1.54) is 6.08 Å². The molecule has 26 heavy (non-hydrogen) atoms. The highest BCUT2D eigenvalue weighted by Crippen LogP contribution is 2.33. The van der Waals surface area contributed by atoms with Gasteiger partial charge in [0.2, 0.25) is 0 Å². The summed E-state index contributed by atoms with van der Waals surface area (Å²) >= 11 is 12.5. The first-order valence-corrected chi connectivity index (χ1v) is 8.78. The van der Waals surface area contributed by atoms with Crippen molar-refractivity contribution in [2.45, 2.75) is 13.0 Å². The third kappa shape index (κ3) is 4.18. The molecule has 5 nitrogen and oxygen atoms in total. The lowest BCUT2D eigenvalue weighted by Gasteiger charge is -2.19. The molecule has 0 aliphatic heterocycles. The molecular formula is C19H17Cl2N3O2. The summed E-state index contributed by atoms with van der Waals surface area (Å²) < 4.78 is 8.65. The minimum absolute atomic E-state index is 0.167. The molecule has 0 bridgehead atoms. The van der Waals surface area contributed by atoms with Gasteiger partial charge in [0, 0.05) is 47.1 Å². The first-order chi connectivity index (χ1) is 12.6. The summed E-state index contributed by atoms with van der Waals surface area (Å²) in [6.07, 6.45) is 12.1. The SMILES string of the molecule is CCOC(=O)/C=C/n1ccc(C(c2ccc(Cl)cc2Cl)n2ccnc2)c1. The Hall–Kier alpha value is -2.50. The monoisotopic (exact) mass is 389 g/mol. The fourth-order valence-corrected chi connectivity index (χ4v) is 3.19. The Bertz CT molecular complexity index is 917. The number of nitrogens with zero attached hydrogens (tertiary/aromatic N) is 3. The minimum atomic E-state index is -0.380. The van der Waals surface area contributed by atoms with Gasteiger partial charge in [0.25, 0.3) is 0 Å². The van der Waals surface area contributed by atoms with Gasteiger partial charge < -0.3 is 13.9 Å². The van der Waals surface area contributed by atoms with Crippen LogP contribution in [0.15, 0.2) is 61.5 Å². The Morgan fingerprint density at radius 1 is 1.31 bits per heavy atom. The quantitative estimate of drug-likeness (QED) is 0.454. The molecule has 0 fully saturated rings. The largest absolute Gasteiger partial charge is 0.463 e. The van der Waals surface area contributed by atoms with Crippen LogP contribution in [-0.2, 0) is 9.53 Å². The Kier molecular flexibility index (Phi) is 5.81. The molecule has 1 unspecified atom stereocenters. The molecule has 0 radical (unpaired) electrons. The maximum Gasteiger partial charge on any atom is 0.332 e. The Balaban J connectivity index is 1.95. The van der Waals surface area contributed by atoms with Crippen LogP contribution in [0.3, 0.4) is 0 Å². The van der Waals surface area contributed by atoms with E-state index in [-0.39, 0.29) is 12.0 Å². The van der Waals surface area contributed by atoms with Gasteiger partial charge in [-0.2, -0.15) is 0 Å². The lowest BCUT2D eigenvalue weighted by atomic mass is 10.0. The molecule has 0 N–H and O–H groups in total. The molecule has 0 spiro atoms. The van der Waals surface area contributed by atoms with E-state index >= 15 is 0 Å². The van der Waals surface area contributed by atoms with Crippen LogP contribution in [0.25, 0.3) is 6.20 Å². The first-order valence-electron chi connectivity index (χ1n) is 8.03. The van der Waals surface area contributed by atoms with E-state index in [9.17, 15) is 4.79 Å². The lowest BCUT2D eigenvalue weighted by molar-refractivity contribution is -0.137. The number of hydrogen-bond donors (Lipinski definition) is 0. The van der Waals surface area contributed by atoms with Crippen molar-refractivity contribution >= 4 is 35.4 Å². The second kappa shape index (κ2) is 8.25. The van der Waals surface area contributed by atoms with Gasteiger partial charge in [-0.1, -0.05) is 29.3 Å². The maximum absolute atomic E-state index is 11.5. The van der Waals surface area contributed by atoms with E-state index in [1.807, 2.05) is 41.4 Å². The number of halogens is 2. The number of aromatic nitrogens is 3. The van der Waals surface area contributed by atoms with Gasteiger partial charge in [-0.05, 0) is 36.2 Å². The highest BCUT2D eigenvalue weighted by atomic mass is 35.5. The summed E-state index contributed by atoms with van der Waals surface area (Å²) in [6, 6.07) is 7.23. The predicted molar refractivity (Wildman–Crippen MR) is 102 cm³/mol. The van der Waals surface area contributed by atoms with Gasteiger partial charge in [-0.25, -0.2) is 9.78 Å². The highest BCUT2D eigenvalue weighted by molar-refractivity contribution is 6.35. The van der Waals surface area contributed by atoms with Crippen molar-refractivity contribution in [2.24, 2.45) is 0 Å². The summed E-state index contributed by atoms with van der Waals surface area (Å²) in [5.74, 6) is -0.380. The Morgan fingerprint density at radius 3 is 2.85 bits per heavy atom. The van der Waals surface area contributed by atoms with Gasteiger partial charge in [-0.3, -0.25) is 0 Å². The van der Waals surface area contributed by atoms with Crippen molar-refractivity contribution < 1.29 is 9.53 Å². The number of benzene rings is 1. The fraction of sp³-hybridized carbons (Fsp3) is 0.158. The van der Waals surface area contributed by atoms with Gasteiger partial charge >= 0.3 is 5.97 Å². The topological polar surface area (TPSA) is 49.0 Å². The molecule has 2 heterocycles. The van der Waals surface area contributed by atoms with Crippen molar-refractivity contribution in [3.05, 3.63) is 82.6 Å². The van der Waals surface area contributed by atoms with E-state index in [2.05, 4.69) is 4.98 Å². The average molecular weight is 390 g/mol. The van der Waals surface area contributed by atoms with Gasteiger partial charge in [0.1, 0.15) is 0 Å². The molecule has 3 rings (SSSR count). The molecule has 2 aromatic heterocycles. The average Bonchev–Trinajstić information content (AvgIpc) is 3.28. The Labute approximate surface area is 161 Å². The van der Waals surface area contributed by atoms with E-state index in [0.29, 0.717) is 16.7 Å². The maximum atomic E-state index is 11.5. The van der Waals surface area contributed by atoms with Crippen LogP contribution in [0.4, 0.5) is 0 Å². The van der Waals surface area contributed by atoms with E-state index < -0.39 is 0 Å². The summed E-state index contributed by atoms with van der Waals surface area (Å²) in [6.45, 7) is 2.11. The van der Waals surface area contributed by atoms with Crippen molar-refractivity contribution in [1.82, 2.24) is 14.1 Å². The smallest absolute Gasteiger partial charge is 0.332 e. The number of carbonyl (C=O) groups excluding carboxylic acids is 1. The van der Waals surface area contributed by atoms with Crippen molar-refractivity contribution in [2.75, 3.05) is 6.61 Å². The van der Waals surface area contributed by atoms with Crippen LogP contribution in [0.5, 0.6) is 0 Å². The second-order valence-electron chi connectivity index (χ2n) is 5.54. The van der Waals surface area contributed by atoms with E-state index in [0.717, 1.165) is 11.1 Å². The molecule has 7 heteroatoms. The molecule has 0 amide bonds. The number of rotatable bonds is 6. The van der Waals surface area contributed by atoms with Crippen molar-refractivity contribution in [3.8, 4) is 0 Å². The lowest BCUT2D eigenvalue weighted by Crippen LogP contribution is -2.10. The molecular weight excluding hydrogens is 373 g/mol. The second-order valence-corrected chi connectivity index (χ2v) is 6.38. The summed E-state index contributed by atoms with van der Waals surface area (Å²) in [5, 5.41) is 1.16. The number of ether oxygens (including phenoxy) is 1. The Morgan fingerprint density at radius 2 is 2.15 bits per heavy atom. The number of imidazole rings is 1. The highest BCUT2D eigenvalue weighted by Gasteiger charge is 2.20. The molecule has 0 aliphatic carbocycles. The van der Waals surface area contributed by atoms with Gasteiger partial charge in [0.15, 0.2) is 0 Å². The molecule has 1 aromatic carbocycles. The minimum Gasteiger partial charge on any atom is -0.463 e.